The maximum Gasteiger partial charge on any atom is 0.308 e. The van der Waals surface area contributed by atoms with Crippen LogP contribution in [0.5, 0.6) is 0 Å². The van der Waals surface area contributed by atoms with Crippen molar-refractivity contribution in [3.05, 3.63) is 49.0 Å². The molecule has 5 nitrogen and oxygen atoms in total. The van der Waals surface area contributed by atoms with Crippen molar-refractivity contribution in [2.45, 2.75) is 13.8 Å². The molecule has 0 spiro atoms. The van der Waals surface area contributed by atoms with Crippen LogP contribution in [0, 0.1) is 0 Å². The second-order valence-electron chi connectivity index (χ2n) is 3.05. The number of hydrogen-bond donors (Lipinski definition) is 0. The number of ether oxygens (including phenoxy) is 2. The number of rotatable bonds is 6. The van der Waals surface area contributed by atoms with E-state index in [2.05, 4.69) is 13.2 Å². The molecule has 0 aromatic heterocycles. The molecule has 0 aliphatic carbocycles. The second kappa shape index (κ2) is 10.1. The van der Waals surface area contributed by atoms with Gasteiger partial charge in [-0.05, 0) is 12.2 Å². The van der Waals surface area contributed by atoms with Crippen LogP contribution < -0.4 is 0 Å². The summed E-state index contributed by atoms with van der Waals surface area (Å²) in [5, 5.41) is 0. The number of carbonyl (C=O) groups excluding carboxylic acids is 3. The van der Waals surface area contributed by atoms with Gasteiger partial charge in [-0.2, -0.15) is 0 Å². The molecule has 0 unspecified atom stereocenters. The number of Topliss-reactive ketones (excluding diaryl/α,β-unsaturated/α-hetero) is 1. The van der Waals surface area contributed by atoms with Crippen molar-refractivity contribution in [3.8, 4) is 0 Å². The maximum atomic E-state index is 11.9. The Hall–Kier alpha value is -1.81. The van der Waals surface area contributed by atoms with E-state index in [1.54, 1.807) is 0 Å². The molecule has 0 heterocycles. The minimum atomic E-state index is -0.750. The van der Waals surface area contributed by atoms with Crippen molar-refractivity contribution in [1.82, 2.24) is 0 Å². The average Bonchev–Trinajstić information content (AvgIpc) is 2.26. The third kappa shape index (κ3) is 8.00. The quantitative estimate of drug-likeness (QED) is 0.240. The minimum Gasteiger partial charge on any atom is -0.422 e. The summed E-state index contributed by atoms with van der Waals surface area (Å²) in [6.45, 7) is 9.07. The fourth-order valence-corrected chi connectivity index (χ4v) is 0.957. The smallest absolute Gasteiger partial charge is 0.308 e. The third-order valence-corrected chi connectivity index (χ3v) is 1.49. The number of esters is 2. The predicted octanol–water partition coefficient (Wildman–Crippen LogP) is 1.82. The standard InChI is InChI=1S/C13H14O5.Ru/c1-5-7-11(17-9(3)14)13(16)12(8-6-2)18-10(4)15;/h5-8H,1-2H2,3-4H3;. The minimum absolute atomic E-state index is 0. The van der Waals surface area contributed by atoms with Gasteiger partial charge in [-0.1, -0.05) is 25.3 Å². The Bertz CT molecular complexity index is 406. The Morgan fingerprint density at radius 1 is 0.842 bits per heavy atom. The van der Waals surface area contributed by atoms with Crippen molar-refractivity contribution < 1.29 is 43.3 Å². The molecule has 0 aromatic rings. The summed E-state index contributed by atoms with van der Waals surface area (Å²) in [6, 6.07) is 0. The fraction of sp³-hybridized carbons (Fsp3) is 0.154. The number of allylic oxidation sites excluding steroid dienone is 4. The summed E-state index contributed by atoms with van der Waals surface area (Å²) in [5.41, 5.74) is 0. The summed E-state index contributed by atoms with van der Waals surface area (Å²) >= 11 is 0. The monoisotopic (exact) mass is 352 g/mol. The first kappa shape index (κ1) is 19.5. The van der Waals surface area contributed by atoms with Crippen molar-refractivity contribution >= 4 is 17.7 Å². The molecule has 6 heteroatoms. The van der Waals surface area contributed by atoms with E-state index in [4.69, 9.17) is 9.47 Å². The van der Waals surface area contributed by atoms with E-state index in [0.717, 1.165) is 13.8 Å². The van der Waals surface area contributed by atoms with E-state index >= 15 is 0 Å². The van der Waals surface area contributed by atoms with Gasteiger partial charge in [-0.3, -0.25) is 14.4 Å². The molecule has 0 radical (unpaired) electrons. The van der Waals surface area contributed by atoms with Crippen molar-refractivity contribution in [3.63, 3.8) is 0 Å². The maximum absolute atomic E-state index is 11.9. The molecule has 19 heavy (non-hydrogen) atoms. The van der Waals surface area contributed by atoms with Gasteiger partial charge >= 0.3 is 11.9 Å². The molecule has 0 saturated heterocycles. The summed E-state index contributed by atoms with van der Waals surface area (Å²) in [5.74, 6) is -2.66. The molecule has 0 aliphatic heterocycles. The topological polar surface area (TPSA) is 69.7 Å². The Labute approximate surface area is 124 Å². The van der Waals surface area contributed by atoms with Gasteiger partial charge in [0.05, 0.1) is 0 Å². The Kier molecular flexibility index (Phi) is 10.4. The first-order valence-electron chi connectivity index (χ1n) is 4.99. The SMILES string of the molecule is C=CC=C(OC(C)=O)C(=O)C(=CC=C)OC(C)=O.[Ru]. The molecule has 104 valence electrons. The first-order chi connectivity index (χ1) is 8.42. The summed E-state index contributed by atoms with van der Waals surface area (Å²) in [6.07, 6.45) is 4.94. The van der Waals surface area contributed by atoms with Crippen LogP contribution in [0.4, 0.5) is 0 Å². The molecule has 0 aliphatic rings. The van der Waals surface area contributed by atoms with Crippen molar-refractivity contribution in [2.75, 3.05) is 0 Å². The molecule has 0 amide bonds. The van der Waals surface area contributed by atoms with Gasteiger partial charge in [0.25, 0.3) is 5.78 Å². The van der Waals surface area contributed by atoms with Crippen molar-refractivity contribution in [1.29, 1.82) is 0 Å². The molecule has 0 fully saturated rings. The zero-order chi connectivity index (χ0) is 14.1. The molecule has 0 saturated carbocycles. The predicted molar refractivity (Wildman–Crippen MR) is 65.1 cm³/mol. The molecule has 0 N–H and O–H groups in total. The van der Waals surface area contributed by atoms with E-state index in [1.165, 1.54) is 24.3 Å². The van der Waals surface area contributed by atoms with Crippen LogP contribution in [0.25, 0.3) is 0 Å². The van der Waals surface area contributed by atoms with Crippen LogP contribution >= 0.6 is 0 Å². The zero-order valence-corrected chi connectivity index (χ0v) is 12.4. The largest absolute Gasteiger partial charge is 0.422 e. The Morgan fingerprint density at radius 2 is 1.16 bits per heavy atom. The molecular weight excluding hydrogens is 337 g/mol. The van der Waals surface area contributed by atoms with E-state index in [9.17, 15) is 14.4 Å². The summed E-state index contributed by atoms with van der Waals surface area (Å²) in [4.78, 5) is 33.6. The van der Waals surface area contributed by atoms with Gasteiger partial charge in [0.15, 0.2) is 11.5 Å². The van der Waals surface area contributed by atoms with Crippen LogP contribution in [0.3, 0.4) is 0 Å². The van der Waals surface area contributed by atoms with Crippen LogP contribution in [0.2, 0.25) is 0 Å². The molecule has 0 bridgehead atoms. The van der Waals surface area contributed by atoms with E-state index in [-0.39, 0.29) is 31.0 Å². The van der Waals surface area contributed by atoms with E-state index < -0.39 is 17.7 Å². The van der Waals surface area contributed by atoms with Gasteiger partial charge in [-0.15, -0.1) is 0 Å². The molecule has 0 aromatic carbocycles. The first-order valence-corrected chi connectivity index (χ1v) is 4.99. The van der Waals surface area contributed by atoms with Gasteiger partial charge in [-0.25, -0.2) is 0 Å². The van der Waals surface area contributed by atoms with Crippen LogP contribution in [-0.4, -0.2) is 17.7 Å². The van der Waals surface area contributed by atoms with Crippen LogP contribution in [0.15, 0.2) is 49.0 Å². The number of carbonyl (C=O) groups is 3. The fourth-order valence-electron chi connectivity index (χ4n) is 0.957. The Balaban J connectivity index is 0. The van der Waals surface area contributed by atoms with Crippen molar-refractivity contribution in [2.24, 2.45) is 0 Å². The number of hydrogen-bond acceptors (Lipinski definition) is 5. The normalized spacial score (nSPS) is 10.8. The van der Waals surface area contributed by atoms with Gasteiger partial charge < -0.3 is 9.47 Å². The van der Waals surface area contributed by atoms with E-state index in [1.807, 2.05) is 0 Å². The third-order valence-electron chi connectivity index (χ3n) is 1.49. The van der Waals surface area contributed by atoms with E-state index in [0.29, 0.717) is 0 Å². The molecule has 0 atom stereocenters. The van der Waals surface area contributed by atoms with Gasteiger partial charge in [0, 0.05) is 33.3 Å². The Morgan fingerprint density at radius 3 is 1.37 bits per heavy atom. The average molecular weight is 351 g/mol. The molecule has 0 rings (SSSR count). The number of ketones is 1. The van der Waals surface area contributed by atoms with Gasteiger partial charge in [0.2, 0.25) is 0 Å². The zero-order valence-electron chi connectivity index (χ0n) is 10.6. The molecular formula is C13H14O5Ru. The second-order valence-corrected chi connectivity index (χ2v) is 3.05. The van der Waals surface area contributed by atoms with Crippen LogP contribution in [0.1, 0.15) is 13.8 Å². The summed E-state index contributed by atoms with van der Waals surface area (Å²) in [7, 11) is 0. The summed E-state index contributed by atoms with van der Waals surface area (Å²) < 4.78 is 9.39. The van der Waals surface area contributed by atoms with Gasteiger partial charge in [0.1, 0.15) is 0 Å². The van der Waals surface area contributed by atoms with Crippen LogP contribution in [-0.2, 0) is 43.3 Å².